The summed E-state index contributed by atoms with van der Waals surface area (Å²) in [4.78, 5) is 4.61. The fraction of sp³-hybridized carbons (Fsp3) is 0.316. The van der Waals surface area contributed by atoms with E-state index in [2.05, 4.69) is 27.8 Å². The van der Waals surface area contributed by atoms with E-state index in [1.807, 2.05) is 31.2 Å². The van der Waals surface area contributed by atoms with Crippen molar-refractivity contribution < 1.29 is 8.42 Å². The van der Waals surface area contributed by atoms with Crippen molar-refractivity contribution in [3.05, 3.63) is 65.7 Å². The van der Waals surface area contributed by atoms with Gasteiger partial charge in [-0.1, -0.05) is 42.5 Å². The van der Waals surface area contributed by atoms with Crippen LogP contribution < -0.4 is 15.8 Å². The Balaban J connectivity index is 1.90. The van der Waals surface area contributed by atoms with Crippen LogP contribution in [0.15, 0.2) is 64.5 Å². The van der Waals surface area contributed by atoms with Gasteiger partial charge in [-0.05, 0) is 43.0 Å². The SMILES string of the molecule is CCNC(=NCc1cccc(S(N)(=O)=O)c1)NCCCc1ccccc1. The van der Waals surface area contributed by atoms with E-state index in [0.29, 0.717) is 12.5 Å². The highest BCUT2D eigenvalue weighted by atomic mass is 32.2. The van der Waals surface area contributed by atoms with Crippen LogP contribution in [0.1, 0.15) is 24.5 Å². The van der Waals surface area contributed by atoms with Crippen LogP contribution in [0.4, 0.5) is 0 Å². The Hall–Kier alpha value is -2.38. The fourth-order valence-electron chi connectivity index (χ4n) is 2.48. The number of nitrogens with zero attached hydrogens (tertiary/aromatic N) is 1. The quantitative estimate of drug-likeness (QED) is 0.374. The van der Waals surface area contributed by atoms with Gasteiger partial charge in [0.05, 0.1) is 11.4 Å². The summed E-state index contributed by atoms with van der Waals surface area (Å²) < 4.78 is 22.9. The average Bonchev–Trinajstić information content (AvgIpc) is 2.63. The molecule has 7 heteroatoms. The van der Waals surface area contributed by atoms with Crippen LogP contribution in [0.5, 0.6) is 0 Å². The van der Waals surface area contributed by atoms with Crippen molar-refractivity contribution in [3.63, 3.8) is 0 Å². The molecule has 0 bridgehead atoms. The number of hydrogen-bond donors (Lipinski definition) is 3. The maximum Gasteiger partial charge on any atom is 0.238 e. The summed E-state index contributed by atoms with van der Waals surface area (Å²) in [6.45, 7) is 3.93. The number of nitrogens with one attached hydrogen (secondary N) is 2. The molecule has 0 aliphatic rings. The van der Waals surface area contributed by atoms with Crippen LogP contribution in [0.3, 0.4) is 0 Å². The molecule has 0 spiro atoms. The highest BCUT2D eigenvalue weighted by Crippen LogP contribution is 2.10. The molecule has 26 heavy (non-hydrogen) atoms. The second kappa shape index (κ2) is 9.94. The summed E-state index contributed by atoms with van der Waals surface area (Å²) >= 11 is 0. The molecule has 4 N–H and O–H groups in total. The molecule has 2 rings (SSSR count). The van der Waals surface area contributed by atoms with Crippen molar-refractivity contribution in [2.24, 2.45) is 10.1 Å². The first-order chi connectivity index (χ1) is 12.5. The summed E-state index contributed by atoms with van der Waals surface area (Å²) in [5, 5.41) is 11.7. The van der Waals surface area contributed by atoms with E-state index in [1.165, 1.54) is 11.6 Å². The molecule has 0 radical (unpaired) electrons. The molecule has 0 saturated heterocycles. The minimum Gasteiger partial charge on any atom is -0.357 e. The van der Waals surface area contributed by atoms with Gasteiger partial charge >= 0.3 is 0 Å². The molecule has 6 nitrogen and oxygen atoms in total. The molecular formula is C19H26N4O2S. The second-order valence-electron chi connectivity index (χ2n) is 5.90. The Bertz CT molecular complexity index is 820. The molecule has 0 aromatic heterocycles. The summed E-state index contributed by atoms with van der Waals surface area (Å²) in [6.07, 6.45) is 2.00. The van der Waals surface area contributed by atoms with E-state index in [9.17, 15) is 8.42 Å². The van der Waals surface area contributed by atoms with E-state index in [1.54, 1.807) is 12.1 Å². The molecule has 0 atom stereocenters. The zero-order valence-electron chi connectivity index (χ0n) is 15.0. The lowest BCUT2D eigenvalue weighted by atomic mass is 10.1. The smallest absolute Gasteiger partial charge is 0.238 e. The third-order valence-electron chi connectivity index (χ3n) is 3.77. The maximum absolute atomic E-state index is 11.4. The minimum atomic E-state index is -3.70. The molecule has 0 saturated carbocycles. The minimum absolute atomic E-state index is 0.103. The highest BCUT2D eigenvalue weighted by molar-refractivity contribution is 7.89. The van der Waals surface area contributed by atoms with E-state index in [-0.39, 0.29) is 4.90 Å². The Morgan fingerprint density at radius 3 is 2.46 bits per heavy atom. The first kappa shape index (κ1) is 19.9. The molecule has 2 aromatic carbocycles. The molecule has 0 aliphatic carbocycles. The molecule has 0 unspecified atom stereocenters. The first-order valence-corrected chi connectivity index (χ1v) is 10.2. The summed E-state index contributed by atoms with van der Waals surface area (Å²) in [5.41, 5.74) is 2.11. The predicted octanol–water partition coefficient (Wildman–Crippen LogP) is 2.02. The molecule has 140 valence electrons. The van der Waals surface area contributed by atoms with Crippen molar-refractivity contribution in [1.29, 1.82) is 0 Å². The van der Waals surface area contributed by atoms with E-state index in [0.717, 1.165) is 31.5 Å². The van der Waals surface area contributed by atoms with Crippen molar-refractivity contribution in [3.8, 4) is 0 Å². The van der Waals surface area contributed by atoms with Crippen molar-refractivity contribution >= 4 is 16.0 Å². The Labute approximate surface area is 155 Å². The Morgan fingerprint density at radius 1 is 1.04 bits per heavy atom. The van der Waals surface area contributed by atoms with Crippen LogP contribution in [0.2, 0.25) is 0 Å². The average molecular weight is 375 g/mol. The second-order valence-corrected chi connectivity index (χ2v) is 7.46. The molecule has 2 aromatic rings. The van der Waals surface area contributed by atoms with Gasteiger partial charge in [-0.3, -0.25) is 0 Å². The van der Waals surface area contributed by atoms with Crippen molar-refractivity contribution in [2.75, 3.05) is 13.1 Å². The number of benzene rings is 2. The standard InChI is InChI=1S/C19H26N4O2S/c1-2-21-19(22-13-7-11-16-8-4-3-5-9-16)23-15-17-10-6-12-18(14-17)26(20,24)25/h3-6,8-10,12,14H,2,7,11,13,15H2,1H3,(H2,20,24,25)(H2,21,22,23). The molecule has 0 fully saturated rings. The predicted molar refractivity (Wildman–Crippen MR) is 105 cm³/mol. The monoisotopic (exact) mass is 374 g/mol. The third kappa shape index (κ3) is 6.85. The number of primary sulfonamides is 1. The van der Waals surface area contributed by atoms with Gasteiger partial charge in [0, 0.05) is 13.1 Å². The van der Waals surface area contributed by atoms with E-state index >= 15 is 0 Å². The highest BCUT2D eigenvalue weighted by Gasteiger charge is 2.07. The largest absolute Gasteiger partial charge is 0.357 e. The number of rotatable bonds is 8. The number of aliphatic imine (C=N–C) groups is 1. The first-order valence-electron chi connectivity index (χ1n) is 8.67. The zero-order valence-corrected chi connectivity index (χ0v) is 15.8. The molecular weight excluding hydrogens is 348 g/mol. The Morgan fingerprint density at radius 2 is 1.77 bits per heavy atom. The van der Waals surface area contributed by atoms with Gasteiger partial charge in [0.2, 0.25) is 10.0 Å². The molecule has 0 aliphatic heterocycles. The number of nitrogens with two attached hydrogens (primary N) is 1. The number of hydrogen-bond acceptors (Lipinski definition) is 3. The maximum atomic E-state index is 11.4. The third-order valence-corrected chi connectivity index (χ3v) is 4.68. The summed E-state index contributed by atoms with van der Waals surface area (Å²) in [6, 6.07) is 16.9. The number of guanidine groups is 1. The number of aryl methyl sites for hydroxylation is 1. The van der Waals surface area contributed by atoms with Gasteiger partial charge in [0.1, 0.15) is 0 Å². The van der Waals surface area contributed by atoms with Crippen LogP contribution >= 0.6 is 0 Å². The topological polar surface area (TPSA) is 96.6 Å². The lowest BCUT2D eigenvalue weighted by molar-refractivity contribution is 0.597. The lowest BCUT2D eigenvalue weighted by Crippen LogP contribution is -2.37. The summed E-state index contributed by atoms with van der Waals surface area (Å²) in [7, 11) is -3.70. The van der Waals surface area contributed by atoms with Crippen molar-refractivity contribution in [2.45, 2.75) is 31.2 Å². The van der Waals surface area contributed by atoms with Crippen molar-refractivity contribution in [1.82, 2.24) is 10.6 Å². The van der Waals surface area contributed by atoms with Crippen LogP contribution in [-0.4, -0.2) is 27.5 Å². The fourth-order valence-corrected chi connectivity index (χ4v) is 3.06. The van der Waals surface area contributed by atoms with E-state index in [4.69, 9.17) is 5.14 Å². The van der Waals surface area contributed by atoms with Crippen LogP contribution in [0, 0.1) is 0 Å². The normalized spacial score (nSPS) is 12.0. The van der Waals surface area contributed by atoms with Crippen LogP contribution in [-0.2, 0) is 23.0 Å². The van der Waals surface area contributed by atoms with Gasteiger partial charge in [-0.2, -0.15) is 0 Å². The lowest BCUT2D eigenvalue weighted by Gasteiger charge is -2.11. The zero-order chi connectivity index (χ0) is 18.8. The molecule has 0 amide bonds. The van der Waals surface area contributed by atoms with Gasteiger partial charge in [0.15, 0.2) is 5.96 Å². The van der Waals surface area contributed by atoms with Gasteiger partial charge in [-0.15, -0.1) is 0 Å². The summed E-state index contributed by atoms with van der Waals surface area (Å²) in [5.74, 6) is 0.710. The van der Waals surface area contributed by atoms with Gasteiger partial charge < -0.3 is 10.6 Å². The van der Waals surface area contributed by atoms with Gasteiger partial charge in [-0.25, -0.2) is 18.5 Å². The van der Waals surface area contributed by atoms with Crippen LogP contribution in [0.25, 0.3) is 0 Å². The molecule has 0 heterocycles. The Kier molecular flexibility index (Phi) is 7.62. The number of sulfonamides is 1. The van der Waals surface area contributed by atoms with Gasteiger partial charge in [0.25, 0.3) is 0 Å². The van der Waals surface area contributed by atoms with E-state index < -0.39 is 10.0 Å².